The van der Waals surface area contributed by atoms with Crippen molar-refractivity contribution in [2.24, 2.45) is 0 Å². The van der Waals surface area contributed by atoms with Gasteiger partial charge in [0.1, 0.15) is 5.82 Å². The molecule has 1 amide bonds. The zero-order valence-corrected chi connectivity index (χ0v) is 11.3. The normalized spacial score (nSPS) is 10.5. The maximum Gasteiger partial charge on any atom is 0.328 e. The summed E-state index contributed by atoms with van der Waals surface area (Å²) in [5.74, 6) is -0.977. The molecule has 0 aliphatic heterocycles. The first-order valence-electron chi connectivity index (χ1n) is 6.14. The molecule has 0 saturated heterocycles. The molecule has 0 atom stereocenters. The van der Waals surface area contributed by atoms with Crippen LogP contribution in [0.15, 0.2) is 42.9 Å². The number of carboxylic acid groups (broad SMARTS) is 1. The number of pyridine rings is 2. The second-order valence-corrected chi connectivity index (χ2v) is 4.35. The van der Waals surface area contributed by atoms with Crippen molar-refractivity contribution in [2.75, 3.05) is 5.32 Å². The van der Waals surface area contributed by atoms with Gasteiger partial charge in [-0.1, -0.05) is 6.07 Å². The van der Waals surface area contributed by atoms with Crippen molar-refractivity contribution in [3.05, 3.63) is 59.6 Å². The third-order valence-electron chi connectivity index (χ3n) is 2.59. The number of nitrogens with one attached hydrogen (secondary N) is 1. The van der Waals surface area contributed by atoms with Gasteiger partial charge in [0.25, 0.3) is 5.91 Å². The van der Waals surface area contributed by atoms with E-state index in [9.17, 15) is 9.59 Å². The molecule has 2 aromatic heterocycles. The molecular weight excluding hydrogens is 270 g/mol. The molecule has 0 aliphatic rings. The van der Waals surface area contributed by atoms with Gasteiger partial charge in [-0.2, -0.15) is 0 Å². The summed E-state index contributed by atoms with van der Waals surface area (Å²) in [6, 6.07) is 5.09. The number of aliphatic carboxylic acids is 1. The number of amides is 1. The van der Waals surface area contributed by atoms with Crippen LogP contribution in [0.5, 0.6) is 0 Å². The third-order valence-corrected chi connectivity index (χ3v) is 2.59. The summed E-state index contributed by atoms with van der Waals surface area (Å²) in [5.41, 5.74) is 1.85. The topological polar surface area (TPSA) is 92.2 Å². The van der Waals surface area contributed by atoms with E-state index in [2.05, 4.69) is 15.3 Å². The van der Waals surface area contributed by atoms with E-state index in [1.54, 1.807) is 18.3 Å². The lowest BCUT2D eigenvalue weighted by Gasteiger charge is -2.05. The van der Waals surface area contributed by atoms with Crippen molar-refractivity contribution in [1.82, 2.24) is 9.97 Å². The second kappa shape index (κ2) is 6.42. The van der Waals surface area contributed by atoms with Crippen molar-refractivity contribution >= 4 is 23.8 Å². The van der Waals surface area contributed by atoms with Crippen LogP contribution in [0.1, 0.15) is 21.5 Å². The minimum Gasteiger partial charge on any atom is -0.478 e. The molecule has 2 N–H and O–H groups in total. The lowest BCUT2D eigenvalue weighted by atomic mass is 10.2. The summed E-state index contributed by atoms with van der Waals surface area (Å²) in [4.78, 5) is 30.5. The summed E-state index contributed by atoms with van der Waals surface area (Å²) >= 11 is 0. The van der Waals surface area contributed by atoms with Crippen LogP contribution in [-0.4, -0.2) is 27.0 Å². The van der Waals surface area contributed by atoms with Crippen molar-refractivity contribution < 1.29 is 14.7 Å². The summed E-state index contributed by atoms with van der Waals surface area (Å²) in [6.07, 6.45) is 6.89. The Hall–Kier alpha value is -3.02. The van der Waals surface area contributed by atoms with E-state index in [0.29, 0.717) is 16.9 Å². The van der Waals surface area contributed by atoms with Gasteiger partial charge in [-0.25, -0.2) is 9.78 Å². The van der Waals surface area contributed by atoms with Crippen molar-refractivity contribution in [3.63, 3.8) is 0 Å². The van der Waals surface area contributed by atoms with Crippen LogP contribution in [0.2, 0.25) is 0 Å². The maximum atomic E-state index is 12.1. The average Bonchev–Trinajstić information content (AvgIpc) is 2.48. The van der Waals surface area contributed by atoms with Gasteiger partial charge in [-0.15, -0.1) is 0 Å². The Kier molecular flexibility index (Phi) is 4.40. The number of aromatic nitrogens is 2. The molecule has 6 heteroatoms. The van der Waals surface area contributed by atoms with Crippen LogP contribution in [0.4, 0.5) is 5.82 Å². The Morgan fingerprint density at radius 1 is 1.24 bits per heavy atom. The molecule has 0 aromatic carbocycles. The first-order valence-corrected chi connectivity index (χ1v) is 6.14. The number of carboxylic acids is 1. The van der Waals surface area contributed by atoms with Crippen molar-refractivity contribution in [2.45, 2.75) is 6.92 Å². The molecule has 0 radical (unpaired) electrons. The lowest BCUT2D eigenvalue weighted by molar-refractivity contribution is -0.131. The SMILES string of the molecule is Cc1ccc(NC(=O)c2cncc(C=CC(=O)O)c2)nc1. The minimum absolute atomic E-state index is 0.324. The van der Waals surface area contributed by atoms with Crippen LogP contribution >= 0.6 is 0 Å². The van der Waals surface area contributed by atoms with E-state index in [4.69, 9.17) is 5.11 Å². The molecule has 0 saturated carbocycles. The Labute approximate surface area is 121 Å². The predicted octanol–water partition coefficient (Wildman–Crippen LogP) is 2.14. The van der Waals surface area contributed by atoms with Gasteiger partial charge in [0.05, 0.1) is 5.56 Å². The van der Waals surface area contributed by atoms with Crippen LogP contribution < -0.4 is 5.32 Å². The molecule has 0 spiro atoms. The summed E-state index contributed by atoms with van der Waals surface area (Å²) in [5, 5.41) is 11.2. The Balaban J connectivity index is 2.14. The Morgan fingerprint density at radius 2 is 2.05 bits per heavy atom. The first-order chi connectivity index (χ1) is 10.0. The molecule has 0 aliphatic carbocycles. The molecule has 0 fully saturated rings. The molecule has 2 aromatic rings. The minimum atomic E-state index is -1.06. The number of nitrogens with zero attached hydrogens (tertiary/aromatic N) is 2. The standard InChI is InChI=1S/C15H13N3O3/c1-10-2-4-13(17-7-10)18-15(21)12-6-11(8-16-9-12)3-5-14(19)20/h2-9H,1H3,(H,19,20)(H,17,18,21). The van der Waals surface area contributed by atoms with Gasteiger partial charge in [-0.05, 0) is 36.3 Å². The van der Waals surface area contributed by atoms with Crippen LogP contribution in [0.3, 0.4) is 0 Å². The summed E-state index contributed by atoms with van der Waals surface area (Å²) in [6.45, 7) is 1.90. The Bertz CT molecular complexity index is 694. The van der Waals surface area contributed by atoms with E-state index < -0.39 is 5.97 Å². The highest BCUT2D eigenvalue weighted by atomic mass is 16.4. The molecule has 21 heavy (non-hydrogen) atoms. The van der Waals surface area contributed by atoms with Gasteiger partial charge in [0, 0.05) is 24.7 Å². The Morgan fingerprint density at radius 3 is 2.71 bits per heavy atom. The zero-order chi connectivity index (χ0) is 15.2. The molecule has 2 heterocycles. The van der Waals surface area contributed by atoms with E-state index in [0.717, 1.165) is 11.6 Å². The van der Waals surface area contributed by atoms with E-state index in [1.165, 1.54) is 18.5 Å². The van der Waals surface area contributed by atoms with Crippen molar-refractivity contribution in [3.8, 4) is 0 Å². The smallest absolute Gasteiger partial charge is 0.328 e. The molecule has 6 nitrogen and oxygen atoms in total. The number of carbonyl (C=O) groups excluding carboxylic acids is 1. The van der Waals surface area contributed by atoms with Gasteiger partial charge in [-0.3, -0.25) is 9.78 Å². The first kappa shape index (κ1) is 14.4. The zero-order valence-electron chi connectivity index (χ0n) is 11.3. The molecule has 2 rings (SSSR count). The summed E-state index contributed by atoms with van der Waals surface area (Å²) in [7, 11) is 0. The van der Waals surface area contributed by atoms with E-state index in [-0.39, 0.29) is 5.91 Å². The van der Waals surface area contributed by atoms with Crippen molar-refractivity contribution in [1.29, 1.82) is 0 Å². The monoisotopic (exact) mass is 283 g/mol. The predicted molar refractivity (Wildman–Crippen MR) is 77.8 cm³/mol. The largest absolute Gasteiger partial charge is 0.478 e. The second-order valence-electron chi connectivity index (χ2n) is 4.35. The average molecular weight is 283 g/mol. The highest BCUT2D eigenvalue weighted by molar-refractivity contribution is 6.03. The fourth-order valence-corrected chi connectivity index (χ4v) is 1.57. The number of hydrogen-bond acceptors (Lipinski definition) is 4. The number of rotatable bonds is 4. The molecular formula is C15H13N3O3. The summed E-state index contributed by atoms with van der Waals surface area (Å²) < 4.78 is 0. The fourth-order valence-electron chi connectivity index (χ4n) is 1.57. The number of aryl methyl sites for hydroxylation is 1. The molecule has 0 unspecified atom stereocenters. The van der Waals surface area contributed by atoms with Gasteiger partial charge < -0.3 is 10.4 Å². The molecule has 0 bridgehead atoms. The van der Waals surface area contributed by atoms with Crippen LogP contribution in [0, 0.1) is 6.92 Å². The van der Waals surface area contributed by atoms with Gasteiger partial charge in [0.15, 0.2) is 0 Å². The highest BCUT2D eigenvalue weighted by Gasteiger charge is 2.07. The number of hydrogen-bond donors (Lipinski definition) is 2. The molecule has 106 valence electrons. The van der Waals surface area contributed by atoms with Gasteiger partial charge >= 0.3 is 5.97 Å². The highest BCUT2D eigenvalue weighted by Crippen LogP contribution is 2.09. The van der Waals surface area contributed by atoms with Gasteiger partial charge in [0.2, 0.25) is 0 Å². The fraction of sp³-hybridized carbons (Fsp3) is 0.0667. The van der Waals surface area contributed by atoms with E-state index in [1.807, 2.05) is 13.0 Å². The van der Waals surface area contributed by atoms with E-state index >= 15 is 0 Å². The lowest BCUT2D eigenvalue weighted by Crippen LogP contribution is -2.13. The third kappa shape index (κ3) is 4.24. The van der Waals surface area contributed by atoms with Crippen LogP contribution in [0.25, 0.3) is 6.08 Å². The van der Waals surface area contributed by atoms with Crippen LogP contribution in [-0.2, 0) is 4.79 Å². The maximum absolute atomic E-state index is 12.1. The quantitative estimate of drug-likeness (QED) is 0.839. The number of carbonyl (C=O) groups is 2. The number of anilines is 1.